The zero-order valence-corrected chi connectivity index (χ0v) is 8.18. The molecule has 0 radical (unpaired) electrons. The van der Waals surface area contributed by atoms with Gasteiger partial charge in [-0.25, -0.2) is 4.79 Å². The van der Waals surface area contributed by atoms with Crippen molar-refractivity contribution in [1.82, 2.24) is 0 Å². The van der Waals surface area contributed by atoms with Gasteiger partial charge in [0.2, 0.25) is 0 Å². The van der Waals surface area contributed by atoms with Crippen molar-refractivity contribution in [2.75, 3.05) is 0 Å². The molecule has 2 rings (SSSR count). The fraction of sp³-hybridized carbons (Fsp3) is 0. The number of hydrogen-bond donors (Lipinski definition) is 0. The van der Waals surface area contributed by atoms with E-state index in [2.05, 4.69) is 0 Å². The summed E-state index contributed by atoms with van der Waals surface area (Å²) in [5.41, 5.74) is 2.41. The quantitative estimate of drug-likeness (QED) is 0.560. The lowest BCUT2D eigenvalue weighted by Gasteiger charge is -2.02. The van der Waals surface area contributed by atoms with Crippen molar-refractivity contribution in [3.05, 3.63) is 71.8 Å². The van der Waals surface area contributed by atoms with Gasteiger partial charge in [-0.1, -0.05) is 60.7 Å². The molecule has 0 N–H and O–H groups in total. The largest absolute Gasteiger partial charge is 0.233 e. The van der Waals surface area contributed by atoms with Crippen molar-refractivity contribution >= 4 is 22.5 Å². The first-order chi connectivity index (χ1) is 7.42. The van der Waals surface area contributed by atoms with Gasteiger partial charge in [0, 0.05) is 0 Å². The molecule has 0 aliphatic heterocycles. The van der Waals surface area contributed by atoms with Gasteiger partial charge in [0.15, 0.2) is 0 Å². The lowest BCUT2D eigenvalue weighted by molar-refractivity contribution is 0.569. The van der Waals surface area contributed by atoms with Crippen LogP contribution in [0, 0.1) is 0 Å². The molecule has 0 unspecified atom stereocenters. The summed E-state index contributed by atoms with van der Waals surface area (Å²) in [6.07, 6.45) is 0. The molecule has 0 atom stereocenters. The Bertz CT molecular complexity index is 443. The van der Waals surface area contributed by atoms with Gasteiger partial charge in [-0.15, -0.1) is 0 Å². The second-order valence-corrected chi connectivity index (χ2v) is 3.21. The summed E-state index contributed by atoms with van der Waals surface area (Å²) in [4.78, 5) is 10.9. The molecule has 80 valence electrons. The molecule has 0 amide bonds. The molecule has 0 spiro atoms. The van der Waals surface area contributed by atoms with Crippen LogP contribution in [0.15, 0.2) is 60.7 Å². The second kappa shape index (κ2) is 5.86. The Morgan fingerprint density at radius 3 is 1.44 bits per heavy atom. The highest BCUT2D eigenvalue weighted by Crippen LogP contribution is 2.19. The molecule has 2 heteroatoms. The summed E-state index contributed by atoms with van der Waals surface area (Å²) in [5, 5.41) is 0. The summed E-state index contributed by atoms with van der Waals surface area (Å²) in [5.74, 6) is 2.00. The number of carbonyl (C=O) groups excluding carboxylic acids is 1. The van der Waals surface area contributed by atoms with E-state index >= 15 is 0 Å². The first-order valence-corrected chi connectivity index (χ1v) is 4.78. The van der Waals surface area contributed by atoms with E-state index in [1.807, 2.05) is 66.6 Å². The Kier molecular flexibility index (Phi) is 4.46. The lowest BCUT2D eigenvalue weighted by Crippen LogP contribution is -1.87. The molecule has 0 saturated heterocycles. The summed E-state index contributed by atoms with van der Waals surface area (Å²) < 4.78 is 0. The van der Waals surface area contributed by atoms with E-state index in [-0.39, 0.29) is 11.0 Å². The fourth-order valence-electron chi connectivity index (χ4n) is 1.49. The van der Waals surface area contributed by atoms with Crippen LogP contribution < -0.4 is 0 Å². The van der Waals surface area contributed by atoms with Crippen LogP contribution in [0.1, 0.15) is 11.1 Å². The van der Waals surface area contributed by atoms with Gasteiger partial charge in [0.25, 0.3) is 0 Å². The minimum atomic E-state index is 0. The summed E-state index contributed by atoms with van der Waals surface area (Å²) in [7, 11) is 0. The summed E-state index contributed by atoms with van der Waals surface area (Å²) in [6.45, 7) is 0. The Labute approximate surface area is 99.5 Å². The van der Waals surface area contributed by atoms with E-state index in [0.717, 1.165) is 11.1 Å². The molecule has 0 aliphatic rings. The molecule has 0 fully saturated rings. The molecule has 2 aromatic rings. The van der Waals surface area contributed by atoms with Crippen molar-refractivity contribution in [2.24, 2.45) is 0 Å². The highest BCUT2D eigenvalue weighted by Gasteiger charge is 2.03. The first-order valence-electron chi connectivity index (χ1n) is 4.78. The van der Waals surface area contributed by atoms with Crippen LogP contribution in [0.3, 0.4) is 0 Å². The first kappa shape index (κ1) is 12.2. The Hall–Kier alpha value is -1.89. The molecule has 0 saturated carbocycles. The molecule has 0 aliphatic carbocycles. The normalized spacial score (nSPS) is 8.75. The summed E-state index contributed by atoms with van der Waals surface area (Å²) >= 11 is 0. The molecule has 0 aromatic heterocycles. The van der Waals surface area contributed by atoms with Gasteiger partial charge < -0.3 is 0 Å². The lowest BCUT2D eigenvalue weighted by atomic mass is 10.00. The van der Waals surface area contributed by atoms with E-state index < -0.39 is 0 Å². The second-order valence-electron chi connectivity index (χ2n) is 3.21. The average molecular weight is 226 g/mol. The molecular weight excluding hydrogens is 212 g/mol. The van der Waals surface area contributed by atoms with Crippen LogP contribution in [0.25, 0.3) is 5.57 Å². The van der Waals surface area contributed by atoms with E-state index in [4.69, 9.17) is 0 Å². The standard InChI is InChI=1S/C14H10O.H4Si/c15-11-14(12-7-3-1-4-8-12)13-9-5-2-6-10-13;/h1-10H;1H4. The zero-order chi connectivity index (χ0) is 10.5. The van der Waals surface area contributed by atoms with Crippen LogP contribution in [0.4, 0.5) is 0 Å². The summed E-state index contributed by atoms with van der Waals surface area (Å²) in [6, 6.07) is 19.1. The van der Waals surface area contributed by atoms with Crippen molar-refractivity contribution in [1.29, 1.82) is 0 Å². The van der Waals surface area contributed by atoms with Gasteiger partial charge in [0.1, 0.15) is 5.94 Å². The van der Waals surface area contributed by atoms with Crippen LogP contribution >= 0.6 is 0 Å². The Morgan fingerprint density at radius 1 is 0.750 bits per heavy atom. The van der Waals surface area contributed by atoms with E-state index in [1.165, 1.54) is 0 Å². The van der Waals surface area contributed by atoms with Crippen molar-refractivity contribution in [3.63, 3.8) is 0 Å². The minimum Gasteiger partial charge on any atom is -0.233 e. The van der Waals surface area contributed by atoms with Gasteiger partial charge >= 0.3 is 0 Å². The van der Waals surface area contributed by atoms with Gasteiger partial charge in [-0.2, -0.15) is 0 Å². The molecule has 16 heavy (non-hydrogen) atoms. The topological polar surface area (TPSA) is 17.1 Å². The smallest absolute Gasteiger partial charge is 0.133 e. The van der Waals surface area contributed by atoms with Crippen LogP contribution in [0.5, 0.6) is 0 Å². The van der Waals surface area contributed by atoms with Crippen molar-refractivity contribution in [3.8, 4) is 0 Å². The monoisotopic (exact) mass is 226 g/mol. The van der Waals surface area contributed by atoms with Gasteiger partial charge in [-0.05, 0) is 22.1 Å². The predicted molar refractivity (Wildman–Crippen MR) is 72.4 cm³/mol. The Balaban J connectivity index is 0.00000128. The third kappa shape index (κ3) is 2.57. The number of rotatable bonds is 2. The predicted octanol–water partition coefficient (Wildman–Crippen LogP) is 1.50. The van der Waals surface area contributed by atoms with Crippen LogP contribution in [-0.2, 0) is 4.79 Å². The minimum absolute atomic E-state index is 0. The fourth-order valence-corrected chi connectivity index (χ4v) is 1.49. The Morgan fingerprint density at radius 2 is 1.12 bits per heavy atom. The highest BCUT2D eigenvalue weighted by molar-refractivity contribution is 5.96. The maximum absolute atomic E-state index is 10.9. The number of hydrogen-bond acceptors (Lipinski definition) is 1. The maximum Gasteiger partial charge on any atom is 0.133 e. The van der Waals surface area contributed by atoms with Crippen molar-refractivity contribution < 1.29 is 4.79 Å². The molecular formula is C14H14OSi. The van der Waals surface area contributed by atoms with E-state index in [1.54, 1.807) is 0 Å². The highest BCUT2D eigenvalue weighted by atomic mass is 28.1. The molecule has 0 heterocycles. The third-order valence-electron chi connectivity index (χ3n) is 2.23. The molecule has 0 bridgehead atoms. The van der Waals surface area contributed by atoms with E-state index in [0.29, 0.717) is 5.57 Å². The third-order valence-corrected chi connectivity index (χ3v) is 2.23. The molecule has 1 nitrogen and oxygen atoms in total. The average Bonchev–Trinajstić information content (AvgIpc) is 2.33. The van der Waals surface area contributed by atoms with Gasteiger partial charge in [-0.3, -0.25) is 0 Å². The molecule has 2 aromatic carbocycles. The zero-order valence-electron chi connectivity index (χ0n) is 8.18. The van der Waals surface area contributed by atoms with Crippen LogP contribution in [-0.4, -0.2) is 16.9 Å². The van der Waals surface area contributed by atoms with Gasteiger partial charge in [0.05, 0.1) is 5.57 Å². The maximum atomic E-state index is 10.9. The van der Waals surface area contributed by atoms with Crippen molar-refractivity contribution in [2.45, 2.75) is 0 Å². The SMILES string of the molecule is O=C=C(c1ccccc1)c1ccccc1.[SiH4]. The number of benzene rings is 2. The van der Waals surface area contributed by atoms with E-state index in [9.17, 15) is 4.79 Å². The van der Waals surface area contributed by atoms with Crippen LogP contribution in [0.2, 0.25) is 0 Å².